The molecular formula is C29H32N4O4S. The number of anilines is 1. The van der Waals surface area contributed by atoms with Gasteiger partial charge in [0.2, 0.25) is 0 Å². The molecule has 38 heavy (non-hydrogen) atoms. The van der Waals surface area contributed by atoms with Crippen LogP contribution < -0.4 is 14.8 Å². The van der Waals surface area contributed by atoms with Crippen molar-refractivity contribution in [2.45, 2.75) is 13.3 Å². The van der Waals surface area contributed by atoms with Crippen LogP contribution in [0.5, 0.6) is 11.5 Å². The fraction of sp³-hybridized carbons (Fsp3) is 0.310. The molecule has 0 radical (unpaired) electrons. The Morgan fingerprint density at radius 3 is 2.82 bits per heavy atom. The van der Waals surface area contributed by atoms with Gasteiger partial charge in [0.1, 0.15) is 0 Å². The van der Waals surface area contributed by atoms with Gasteiger partial charge in [0.15, 0.2) is 11.5 Å². The number of thiophene rings is 1. The maximum Gasteiger partial charge on any atom is 0.266 e. The van der Waals surface area contributed by atoms with E-state index in [1.165, 1.54) is 11.3 Å². The summed E-state index contributed by atoms with van der Waals surface area (Å²) in [5, 5.41) is 13.5. The molecule has 2 aromatic heterocycles. The number of carbonyl (C=O) groups is 1. The Labute approximate surface area is 226 Å². The molecule has 9 heteroatoms. The number of hydrogen-bond acceptors (Lipinski definition) is 7. The molecule has 0 aliphatic carbocycles. The number of aromatic nitrogens is 2. The zero-order valence-electron chi connectivity index (χ0n) is 21.7. The SMILES string of the molecule is COc1c(OCCCN2CCOCC2)ccc(C=Cc2n[nH]c3ccccc23)c1NC(=O)c1sccc1C. The van der Waals surface area contributed by atoms with Gasteiger partial charge >= 0.3 is 0 Å². The van der Waals surface area contributed by atoms with E-state index >= 15 is 0 Å². The van der Waals surface area contributed by atoms with E-state index in [2.05, 4.69) is 20.4 Å². The molecule has 1 fully saturated rings. The van der Waals surface area contributed by atoms with Crippen molar-refractivity contribution in [1.82, 2.24) is 15.1 Å². The number of nitrogens with zero attached hydrogens (tertiary/aromatic N) is 2. The van der Waals surface area contributed by atoms with Crippen LogP contribution in [0.3, 0.4) is 0 Å². The van der Waals surface area contributed by atoms with Gasteiger partial charge in [0.05, 0.1) is 48.7 Å². The Balaban J connectivity index is 1.40. The highest BCUT2D eigenvalue weighted by Gasteiger charge is 2.20. The molecule has 8 nitrogen and oxygen atoms in total. The van der Waals surface area contributed by atoms with Crippen molar-refractivity contribution < 1.29 is 19.0 Å². The lowest BCUT2D eigenvalue weighted by Crippen LogP contribution is -2.37. The number of morpholine rings is 1. The molecule has 0 unspecified atom stereocenters. The highest BCUT2D eigenvalue weighted by Crippen LogP contribution is 2.40. The van der Waals surface area contributed by atoms with E-state index in [-0.39, 0.29) is 5.91 Å². The minimum absolute atomic E-state index is 0.180. The number of aryl methyl sites for hydroxylation is 1. The molecule has 0 spiro atoms. The van der Waals surface area contributed by atoms with Gasteiger partial charge in [-0.1, -0.05) is 24.3 Å². The van der Waals surface area contributed by atoms with Gasteiger partial charge in [-0.25, -0.2) is 0 Å². The van der Waals surface area contributed by atoms with Gasteiger partial charge in [0.25, 0.3) is 5.91 Å². The quantitative estimate of drug-likeness (QED) is 0.264. The van der Waals surface area contributed by atoms with Crippen LogP contribution in [0.25, 0.3) is 23.1 Å². The second-order valence-electron chi connectivity index (χ2n) is 9.09. The van der Waals surface area contributed by atoms with Crippen molar-refractivity contribution in [3.63, 3.8) is 0 Å². The van der Waals surface area contributed by atoms with Crippen LogP contribution >= 0.6 is 11.3 Å². The van der Waals surface area contributed by atoms with Crippen molar-refractivity contribution in [3.8, 4) is 11.5 Å². The Morgan fingerprint density at radius 1 is 1.18 bits per heavy atom. The number of H-pyrrole nitrogens is 1. The van der Waals surface area contributed by atoms with E-state index in [0.29, 0.717) is 28.7 Å². The number of carbonyl (C=O) groups excluding carboxylic acids is 1. The number of para-hydroxylation sites is 1. The molecule has 2 N–H and O–H groups in total. The average molecular weight is 533 g/mol. The molecule has 4 aromatic rings. The second kappa shape index (κ2) is 12.3. The zero-order valence-corrected chi connectivity index (χ0v) is 22.5. The number of ether oxygens (including phenoxy) is 3. The monoisotopic (exact) mass is 532 g/mol. The summed E-state index contributed by atoms with van der Waals surface area (Å²) in [6.45, 7) is 6.89. The normalized spacial score (nSPS) is 14.3. The number of methoxy groups -OCH3 is 1. The molecule has 2 aromatic carbocycles. The van der Waals surface area contributed by atoms with E-state index in [1.807, 2.05) is 66.9 Å². The highest BCUT2D eigenvalue weighted by molar-refractivity contribution is 7.12. The summed E-state index contributed by atoms with van der Waals surface area (Å²) in [7, 11) is 1.59. The van der Waals surface area contributed by atoms with Crippen LogP contribution in [0, 0.1) is 6.92 Å². The van der Waals surface area contributed by atoms with Gasteiger partial charge in [-0.05, 0) is 54.6 Å². The average Bonchev–Trinajstić information content (AvgIpc) is 3.57. The molecule has 5 rings (SSSR count). The van der Waals surface area contributed by atoms with Crippen molar-refractivity contribution in [1.29, 1.82) is 0 Å². The van der Waals surface area contributed by atoms with Gasteiger partial charge < -0.3 is 19.5 Å². The smallest absolute Gasteiger partial charge is 0.266 e. The van der Waals surface area contributed by atoms with E-state index in [4.69, 9.17) is 14.2 Å². The predicted molar refractivity (Wildman–Crippen MR) is 152 cm³/mol. The summed E-state index contributed by atoms with van der Waals surface area (Å²) >= 11 is 1.41. The Morgan fingerprint density at radius 2 is 2.03 bits per heavy atom. The molecular weight excluding hydrogens is 500 g/mol. The summed E-state index contributed by atoms with van der Waals surface area (Å²) in [4.78, 5) is 16.3. The molecule has 1 aliphatic heterocycles. The summed E-state index contributed by atoms with van der Waals surface area (Å²) in [5.41, 5.74) is 4.06. The van der Waals surface area contributed by atoms with Crippen molar-refractivity contribution in [2.75, 3.05) is 51.9 Å². The van der Waals surface area contributed by atoms with E-state index in [0.717, 1.165) is 67.0 Å². The van der Waals surface area contributed by atoms with Crippen molar-refractivity contribution >= 4 is 46.0 Å². The maximum absolute atomic E-state index is 13.2. The molecule has 1 aliphatic rings. The summed E-state index contributed by atoms with van der Waals surface area (Å²) in [5.74, 6) is 0.906. The molecule has 1 amide bonds. The Kier molecular flexibility index (Phi) is 8.37. The lowest BCUT2D eigenvalue weighted by atomic mass is 10.1. The first-order valence-corrected chi connectivity index (χ1v) is 13.6. The first-order valence-electron chi connectivity index (χ1n) is 12.7. The van der Waals surface area contributed by atoms with Gasteiger partial charge in [0, 0.05) is 30.6 Å². The summed E-state index contributed by atoms with van der Waals surface area (Å²) < 4.78 is 17.4. The van der Waals surface area contributed by atoms with Crippen LogP contribution in [0.15, 0.2) is 47.8 Å². The molecule has 198 valence electrons. The predicted octanol–water partition coefficient (Wildman–Crippen LogP) is 5.47. The summed E-state index contributed by atoms with van der Waals surface area (Å²) in [6, 6.07) is 13.7. The molecule has 0 atom stereocenters. The van der Waals surface area contributed by atoms with Crippen molar-refractivity contribution in [2.24, 2.45) is 0 Å². The molecule has 0 saturated carbocycles. The number of fused-ring (bicyclic) bond motifs is 1. The summed E-state index contributed by atoms with van der Waals surface area (Å²) in [6.07, 6.45) is 4.75. The maximum atomic E-state index is 13.2. The lowest BCUT2D eigenvalue weighted by Gasteiger charge is -2.26. The number of hydrogen-bond donors (Lipinski definition) is 2. The molecule has 1 saturated heterocycles. The van der Waals surface area contributed by atoms with E-state index < -0.39 is 0 Å². The third-order valence-electron chi connectivity index (χ3n) is 6.57. The van der Waals surface area contributed by atoms with Gasteiger partial charge in [-0.2, -0.15) is 5.10 Å². The zero-order chi connectivity index (χ0) is 26.3. The number of benzene rings is 2. The molecule has 3 heterocycles. The number of nitrogens with one attached hydrogen (secondary N) is 2. The van der Waals surface area contributed by atoms with Gasteiger partial charge in [-0.15, -0.1) is 11.3 Å². The minimum atomic E-state index is -0.180. The number of amides is 1. The number of aromatic amines is 1. The largest absolute Gasteiger partial charge is 0.491 e. The third kappa shape index (κ3) is 5.91. The fourth-order valence-corrected chi connectivity index (χ4v) is 5.33. The van der Waals surface area contributed by atoms with E-state index in [1.54, 1.807) is 7.11 Å². The van der Waals surface area contributed by atoms with Crippen LogP contribution in [0.1, 0.15) is 32.9 Å². The third-order valence-corrected chi connectivity index (χ3v) is 7.58. The lowest BCUT2D eigenvalue weighted by molar-refractivity contribution is 0.0357. The molecule has 0 bridgehead atoms. The standard InChI is InChI=1S/C29H32N4O4S/c1-20-12-19-38-28(20)29(34)30-26-21(8-10-24-22-6-3-4-7-23(22)31-32-24)9-11-25(27(26)35-2)37-16-5-13-33-14-17-36-18-15-33/h3-4,6-12,19H,5,13-18H2,1-2H3,(H,30,34)(H,31,32). The topological polar surface area (TPSA) is 88.7 Å². The van der Waals surface area contributed by atoms with Crippen LogP contribution in [-0.4, -0.2) is 67.6 Å². The Bertz CT molecular complexity index is 1420. The first kappa shape index (κ1) is 26.0. The van der Waals surface area contributed by atoms with Crippen LogP contribution in [0.2, 0.25) is 0 Å². The highest BCUT2D eigenvalue weighted by atomic mass is 32.1. The van der Waals surface area contributed by atoms with Crippen molar-refractivity contribution in [3.05, 3.63) is 69.5 Å². The van der Waals surface area contributed by atoms with Crippen LogP contribution in [0.4, 0.5) is 5.69 Å². The fourth-order valence-electron chi connectivity index (χ4n) is 4.51. The Hall–Kier alpha value is -3.66. The first-order chi connectivity index (χ1) is 18.6. The number of rotatable bonds is 10. The minimum Gasteiger partial charge on any atom is -0.491 e. The second-order valence-corrected chi connectivity index (χ2v) is 10.0. The van der Waals surface area contributed by atoms with Gasteiger partial charge in [-0.3, -0.25) is 14.8 Å². The van der Waals surface area contributed by atoms with Crippen LogP contribution in [-0.2, 0) is 4.74 Å². The van der Waals surface area contributed by atoms with E-state index in [9.17, 15) is 4.79 Å².